The lowest BCUT2D eigenvalue weighted by Gasteiger charge is -2.18. The van der Waals surface area contributed by atoms with Crippen molar-refractivity contribution in [3.8, 4) is 0 Å². The summed E-state index contributed by atoms with van der Waals surface area (Å²) in [7, 11) is 0. The third-order valence-electron chi connectivity index (χ3n) is 12.9. The highest BCUT2D eigenvalue weighted by molar-refractivity contribution is 5.71. The second-order valence-corrected chi connectivity index (χ2v) is 19.9. The van der Waals surface area contributed by atoms with Gasteiger partial charge in [0.25, 0.3) is 0 Å². The minimum atomic E-state index is -0.792. The van der Waals surface area contributed by atoms with E-state index in [2.05, 4.69) is 93.7 Å². The van der Waals surface area contributed by atoms with Gasteiger partial charge in [0, 0.05) is 19.3 Å². The molecular weight excluding hydrogens is 865 g/mol. The molecule has 0 aliphatic rings. The van der Waals surface area contributed by atoms with Crippen LogP contribution in [-0.2, 0) is 28.6 Å². The van der Waals surface area contributed by atoms with Crippen molar-refractivity contribution in [1.29, 1.82) is 0 Å². The number of carbonyl (C=O) groups excluding carboxylic acids is 3. The van der Waals surface area contributed by atoms with Crippen LogP contribution in [0.25, 0.3) is 0 Å². The Morgan fingerprint density at radius 1 is 0.300 bits per heavy atom. The third-order valence-corrected chi connectivity index (χ3v) is 12.9. The molecule has 0 heterocycles. The summed E-state index contributed by atoms with van der Waals surface area (Å²) >= 11 is 0. The number of unbranched alkanes of at least 4 members (excludes halogenated alkanes) is 31. The Labute approximate surface area is 433 Å². The highest BCUT2D eigenvalue weighted by Crippen LogP contribution is 2.15. The zero-order valence-corrected chi connectivity index (χ0v) is 46.3. The molecule has 6 nitrogen and oxygen atoms in total. The van der Waals surface area contributed by atoms with Gasteiger partial charge in [-0.1, -0.05) is 241 Å². The first-order valence-electron chi connectivity index (χ1n) is 29.9. The van der Waals surface area contributed by atoms with Gasteiger partial charge < -0.3 is 14.2 Å². The molecule has 0 saturated heterocycles. The number of ether oxygens (including phenoxy) is 3. The van der Waals surface area contributed by atoms with Crippen molar-refractivity contribution in [1.82, 2.24) is 0 Å². The zero-order valence-electron chi connectivity index (χ0n) is 46.3. The van der Waals surface area contributed by atoms with Gasteiger partial charge in [-0.05, 0) is 109 Å². The first-order valence-corrected chi connectivity index (χ1v) is 29.9. The molecule has 0 aromatic rings. The minimum Gasteiger partial charge on any atom is -0.462 e. The van der Waals surface area contributed by atoms with E-state index in [1.807, 2.05) is 0 Å². The fourth-order valence-corrected chi connectivity index (χ4v) is 8.42. The van der Waals surface area contributed by atoms with E-state index in [-0.39, 0.29) is 31.1 Å². The Bertz CT molecular complexity index is 1310. The zero-order chi connectivity index (χ0) is 50.7. The van der Waals surface area contributed by atoms with Crippen LogP contribution in [-0.4, -0.2) is 37.2 Å². The molecule has 1 atom stereocenters. The van der Waals surface area contributed by atoms with Crippen molar-refractivity contribution >= 4 is 17.9 Å². The van der Waals surface area contributed by atoms with Crippen LogP contribution in [0.4, 0.5) is 0 Å². The van der Waals surface area contributed by atoms with Crippen LogP contribution >= 0.6 is 0 Å². The van der Waals surface area contributed by atoms with Gasteiger partial charge in [0.15, 0.2) is 6.10 Å². The van der Waals surface area contributed by atoms with E-state index in [4.69, 9.17) is 14.2 Å². The molecule has 0 spiro atoms. The molecule has 70 heavy (non-hydrogen) atoms. The van der Waals surface area contributed by atoms with E-state index < -0.39 is 6.10 Å². The van der Waals surface area contributed by atoms with E-state index >= 15 is 0 Å². The Morgan fingerprint density at radius 2 is 0.557 bits per heavy atom. The average molecular weight is 978 g/mol. The summed E-state index contributed by atoms with van der Waals surface area (Å²) in [5, 5.41) is 0. The van der Waals surface area contributed by atoms with E-state index in [9.17, 15) is 14.4 Å². The van der Waals surface area contributed by atoms with Gasteiger partial charge in [0.05, 0.1) is 0 Å². The van der Waals surface area contributed by atoms with Crippen LogP contribution in [0.3, 0.4) is 0 Å². The molecule has 0 saturated carbocycles. The molecule has 0 aromatic heterocycles. The second-order valence-electron chi connectivity index (χ2n) is 19.9. The molecular formula is C64H112O6. The molecule has 0 aliphatic heterocycles. The number of allylic oxidation sites excluding steroid dienone is 12. The van der Waals surface area contributed by atoms with Crippen LogP contribution in [0.5, 0.6) is 0 Å². The quantitative estimate of drug-likeness (QED) is 0.0261. The van der Waals surface area contributed by atoms with E-state index in [0.29, 0.717) is 19.3 Å². The second kappa shape index (κ2) is 58.4. The van der Waals surface area contributed by atoms with Gasteiger partial charge in [-0.15, -0.1) is 0 Å². The first kappa shape index (κ1) is 66.9. The third kappa shape index (κ3) is 55.8. The van der Waals surface area contributed by atoms with Crippen LogP contribution in [0.2, 0.25) is 0 Å². The fraction of sp³-hybridized carbons (Fsp3) is 0.766. The molecule has 0 aliphatic carbocycles. The van der Waals surface area contributed by atoms with Gasteiger partial charge >= 0.3 is 17.9 Å². The van der Waals surface area contributed by atoms with Gasteiger partial charge in [-0.25, -0.2) is 0 Å². The SMILES string of the molecule is CC/C=C\C/C=C\C/C=C\C/C=C\CCCCCCC(=O)OC(COC(=O)CCCCCCCCC/C=C\CCCCCCCC)COC(=O)CCCCCCCCC/C=C\CCCCCCCCC. The van der Waals surface area contributed by atoms with Crippen LogP contribution in [0, 0.1) is 0 Å². The number of carbonyl (C=O) groups is 3. The lowest BCUT2D eigenvalue weighted by atomic mass is 10.1. The van der Waals surface area contributed by atoms with Crippen LogP contribution < -0.4 is 0 Å². The predicted octanol–water partition coefficient (Wildman–Crippen LogP) is 20.2. The van der Waals surface area contributed by atoms with Gasteiger partial charge in [0.2, 0.25) is 0 Å². The Balaban J connectivity index is 4.42. The Hall–Kier alpha value is -3.15. The normalized spacial score (nSPS) is 12.6. The van der Waals surface area contributed by atoms with Crippen molar-refractivity contribution in [2.45, 2.75) is 303 Å². The molecule has 0 fully saturated rings. The molecule has 0 N–H and O–H groups in total. The molecule has 0 radical (unpaired) electrons. The standard InChI is InChI=1S/C64H112O6/c1-4-7-10-13-16-19-22-25-28-31-34-36-39-42-45-48-51-54-57-63(66)69-60-61(70-64(67)58-55-52-49-46-43-40-37-33-30-27-24-21-18-15-12-9-6-3)59-68-62(65)56-53-50-47-44-41-38-35-32-29-26-23-20-17-14-11-8-5-2/h9,12,18,21,26-31,37,40,61H,4-8,10-11,13-17,19-20,22-25,32-36,38-39,41-60H2,1-3H3/b12-9-,21-18-,29-26-,30-27-,31-28-,40-37-. The Kier molecular flexibility index (Phi) is 55.8. The molecule has 404 valence electrons. The van der Waals surface area contributed by atoms with E-state index in [1.165, 1.54) is 161 Å². The maximum Gasteiger partial charge on any atom is 0.306 e. The number of hydrogen-bond acceptors (Lipinski definition) is 6. The van der Waals surface area contributed by atoms with Crippen LogP contribution in [0.15, 0.2) is 72.9 Å². The maximum atomic E-state index is 12.9. The highest BCUT2D eigenvalue weighted by atomic mass is 16.6. The molecule has 0 amide bonds. The molecule has 6 heteroatoms. The molecule has 1 unspecified atom stereocenters. The lowest BCUT2D eigenvalue weighted by Crippen LogP contribution is -2.30. The first-order chi connectivity index (χ1) is 34.5. The smallest absolute Gasteiger partial charge is 0.306 e. The summed E-state index contributed by atoms with van der Waals surface area (Å²) in [6.07, 6.45) is 74.6. The van der Waals surface area contributed by atoms with Gasteiger partial charge in [-0.2, -0.15) is 0 Å². The highest BCUT2D eigenvalue weighted by Gasteiger charge is 2.19. The fourth-order valence-electron chi connectivity index (χ4n) is 8.42. The number of rotatable bonds is 54. The molecule has 0 aromatic carbocycles. The molecule has 0 rings (SSSR count). The number of hydrogen-bond donors (Lipinski definition) is 0. The van der Waals surface area contributed by atoms with Crippen molar-refractivity contribution in [3.63, 3.8) is 0 Å². The van der Waals surface area contributed by atoms with Crippen LogP contribution in [0.1, 0.15) is 297 Å². The van der Waals surface area contributed by atoms with Crippen molar-refractivity contribution < 1.29 is 28.6 Å². The van der Waals surface area contributed by atoms with Crippen molar-refractivity contribution in [3.05, 3.63) is 72.9 Å². The topological polar surface area (TPSA) is 78.9 Å². The monoisotopic (exact) mass is 977 g/mol. The maximum absolute atomic E-state index is 12.9. The summed E-state index contributed by atoms with van der Waals surface area (Å²) in [6, 6.07) is 0. The predicted molar refractivity (Wildman–Crippen MR) is 302 cm³/mol. The summed E-state index contributed by atoms with van der Waals surface area (Å²) in [4.78, 5) is 38.2. The summed E-state index contributed by atoms with van der Waals surface area (Å²) in [5.41, 5.74) is 0. The van der Waals surface area contributed by atoms with Crippen molar-refractivity contribution in [2.24, 2.45) is 0 Å². The Morgan fingerprint density at radius 3 is 0.886 bits per heavy atom. The molecule has 0 bridgehead atoms. The largest absolute Gasteiger partial charge is 0.462 e. The lowest BCUT2D eigenvalue weighted by molar-refractivity contribution is -0.167. The van der Waals surface area contributed by atoms with Crippen molar-refractivity contribution in [2.75, 3.05) is 13.2 Å². The van der Waals surface area contributed by atoms with Gasteiger partial charge in [-0.3, -0.25) is 14.4 Å². The van der Waals surface area contributed by atoms with E-state index in [0.717, 1.165) is 96.3 Å². The summed E-state index contributed by atoms with van der Waals surface area (Å²) < 4.78 is 16.9. The summed E-state index contributed by atoms with van der Waals surface area (Å²) in [6.45, 7) is 6.52. The average Bonchev–Trinajstić information content (AvgIpc) is 3.36. The summed E-state index contributed by atoms with van der Waals surface area (Å²) in [5.74, 6) is -0.910. The van der Waals surface area contributed by atoms with E-state index in [1.54, 1.807) is 0 Å². The minimum absolute atomic E-state index is 0.0882. The van der Waals surface area contributed by atoms with Gasteiger partial charge in [0.1, 0.15) is 13.2 Å². The number of esters is 3.